The summed E-state index contributed by atoms with van der Waals surface area (Å²) in [6.07, 6.45) is 2.75. The molecule has 1 saturated carbocycles. The van der Waals surface area contributed by atoms with Crippen molar-refractivity contribution in [1.29, 1.82) is 0 Å². The summed E-state index contributed by atoms with van der Waals surface area (Å²) < 4.78 is 0. The number of hydrogen-bond donors (Lipinski definition) is 1. The molecule has 0 aromatic carbocycles. The van der Waals surface area contributed by atoms with Crippen molar-refractivity contribution in [2.75, 3.05) is 6.54 Å². The van der Waals surface area contributed by atoms with Gasteiger partial charge in [-0.25, -0.2) is 0 Å². The molecular weight excluding hydrogens is 158 g/mol. The van der Waals surface area contributed by atoms with Gasteiger partial charge in [-0.1, -0.05) is 34.6 Å². The van der Waals surface area contributed by atoms with Gasteiger partial charge in [0, 0.05) is 6.04 Å². The van der Waals surface area contributed by atoms with E-state index in [2.05, 4.69) is 39.9 Å². The zero-order chi connectivity index (χ0) is 10.1. The van der Waals surface area contributed by atoms with Crippen molar-refractivity contribution in [3.05, 3.63) is 0 Å². The minimum atomic E-state index is 0.613. The smallest absolute Gasteiger partial charge is 0.0103 e. The van der Waals surface area contributed by atoms with Crippen LogP contribution in [0.4, 0.5) is 0 Å². The second-order valence-corrected chi connectivity index (χ2v) is 5.59. The molecule has 1 nitrogen and oxygen atoms in total. The summed E-state index contributed by atoms with van der Waals surface area (Å²) in [5.41, 5.74) is 0.613. The van der Waals surface area contributed by atoms with Gasteiger partial charge >= 0.3 is 0 Å². The van der Waals surface area contributed by atoms with Gasteiger partial charge in [-0.05, 0) is 36.6 Å². The normalized spacial score (nSPS) is 27.7. The second-order valence-electron chi connectivity index (χ2n) is 5.59. The average Bonchev–Trinajstić information content (AvgIpc) is 2.58. The molecular formula is C12H25N. The van der Waals surface area contributed by atoms with E-state index in [4.69, 9.17) is 0 Å². The Hall–Kier alpha value is -0.0400. The molecule has 0 spiro atoms. The molecule has 0 amide bonds. The Morgan fingerprint density at radius 3 is 2.23 bits per heavy atom. The fourth-order valence-corrected chi connectivity index (χ4v) is 2.35. The standard InChI is InChI=1S/C12H25N/c1-6-13-11(7-9(2)3)10-8-12(10,4)5/h9-11,13H,6-8H2,1-5H3. The van der Waals surface area contributed by atoms with Crippen LogP contribution in [0, 0.1) is 17.3 Å². The van der Waals surface area contributed by atoms with Crippen LogP contribution in [-0.4, -0.2) is 12.6 Å². The third kappa shape index (κ3) is 2.98. The molecule has 0 radical (unpaired) electrons. The molecule has 1 rings (SSSR count). The second kappa shape index (κ2) is 4.00. The summed E-state index contributed by atoms with van der Waals surface area (Å²) in [6, 6.07) is 0.764. The van der Waals surface area contributed by atoms with E-state index in [9.17, 15) is 0 Å². The predicted octanol–water partition coefficient (Wildman–Crippen LogP) is 3.06. The highest BCUT2D eigenvalue weighted by Gasteiger charge is 2.49. The van der Waals surface area contributed by atoms with Gasteiger partial charge in [-0.3, -0.25) is 0 Å². The van der Waals surface area contributed by atoms with E-state index in [-0.39, 0.29) is 0 Å². The molecule has 0 saturated heterocycles. The van der Waals surface area contributed by atoms with Crippen molar-refractivity contribution in [2.45, 2.75) is 53.5 Å². The fraction of sp³-hybridized carbons (Fsp3) is 1.00. The van der Waals surface area contributed by atoms with Crippen molar-refractivity contribution in [2.24, 2.45) is 17.3 Å². The third-order valence-corrected chi connectivity index (χ3v) is 3.27. The van der Waals surface area contributed by atoms with Gasteiger partial charge in [0.1, 0.15) is 0 Å². The van der Waals surface area contributed by atoms with Gasteiger partial charge in [0.25, 0.3) is 0 Å². The molecule has 0 aliphatic heterocycles. The summed E-state index contributed by atoms with van der Waals surface area (Å²) in [5, 5.41) is 3.63. The lowest BCUT2D eigenvalue weighted by Gasteiger charge is -2.21. The highest BCUT2D eigenvalue weighted by Crippen LogP contribution is 2.54. The lowest BCUT2D eigenvalue weighted by Crippen LogP contribution is -2.33. The maximum atomic E-state index is 3.63. The summed E-state index contributed by atoms with van der Waals surface area (Å²) >= 11 is 0. The van der Waals surface area contributed by atoms with Crippen LogP contribution < -0.4 is 5.32 Å². The first-order valence-corrected chi connectivity index (χ1v) is 5.70. The van der Waals surface area contributed by atoms with Crippen molar-refractivity contribution >= 4 is 0 Å². The summed E-state index contributed by atoms with van der Waals surface area (Å²) in [6.45, 7) is 12.7. The van der Waals surface area contributed by atoms with Gasteiger partial charge in [0.2, 0.25) is 0 Å². The maximum absolute atomic E-state index is 3.63. The Balaban J connectivity index is 2.40. The Labute approximate surface area is 83.3 Å². The topological polar surface area (TPSA) is 12.0 Å². The molecule has 1 aliphatic rings. The molecule has 0 aromatic heterocycles. The Bertz CT molecular complexity index is 161. The first-order chi connectivity index (χ1) is 5.97. The van der Waals surface area contributed by atoms with Gasteiger partial charge < -0.3 is 5.32 Å². The largest absolute Gasteiger partial charge is 0.314 e. The average molecular weight is 183 g/mol. The Kier molecular flexibility index (Phi) is 3.39. The number of nitrogens with one attached hydrogen (secondary N) is 1. The monoisotopic (exact) mass is 183 g/mol. The van der Waals surface area contributed by atoms with Crippen LogP contribution >= 0.6 is 0 Å². The first-order valence-electron chi connectivity index (χ1n) is 5.70. The molecule has 1 aliphatic carbocycles. The molecule has 0 aromatic rings. The molecule has 13 heavy (non-hydrogen) atoms. The fourth-order valence-electron chi connectivity index (χ4n) is 2.35. The Morgan fingerprint density at radius 1 is 1.38 bits per heavy atom. The summed E-state index contributed by atoms with van der Waals surface area (Å²) in [5.74, 6) is 1.75. The minimum Gasteiger partial charge on any atom is -0.314 e. The van der Waals surface area contributed by atoms with Crippen LogP contribution in [0.25, 0.3) is 0 Å². The van der Waals surface area contributed by atoms with Crippen LogP contribution in [-0.2, 0) is 0 Å². The molecule has 0 heterocycles. The van der Waals surface area contributed by atoms with Crippen molar-refractivity contribution in [3.8, 4) is 0 Å². The zero-order valence-corrected chi connectivity index (χ0v) is 9.85. The lowest BCUT2D eigenvalue weighted by atomic mass is 9.95. The quantitative estimate of drug-likeness (QED) is 0.691. The van der Waals surface area contributed by atoms with E-state index in [1.54, 1.807) is 0 Å². The van der Waals surface area contributed by atoms with Crippen LogP contribution in [0.2, 0.25) is 0 Å². The van der Waals surface area contributed by atoms with Crippen molar-refractivity contribution < 1.29 is 0 Å². The van der Waals surface area contributed by atoms with Gasteiger partial charge in [0.05, 0.1) is 0 Å². The van der Waals surface area contributed by atoms with E-state index < -0.39 is 0 Å². The van der Waals surface area contributed by atoms with Crippen LogP contribution in [0.3, 0.4) is 0 Å². The molecule has 1 heteroatoms. The minimum absolute atomic E-state index is 0.613. The van der Waals surface area contributed by atoms with E-state index in [0.29, 0.717) is 5.41 Å². The SMILES string of the molecule is CCNC(CC(C)C)C1CC1(C)C. The Morgan fingerprint density at radius 2 is 1.92 bits per heavy atom. The summed E-state index contributed by atoms with van der Waals surface area (Å²) in [7, 11) is 0. The molecule has 2 unspecified atom stereocenters. The predicted molar refractivity (Wildman–Crippen MR) is 58.8 cm³/mol. The van der Waals surface area contributed by atoms with E-state index in [1.165, 1.54) is 12.8 Å². The van der Waals surface area contributed by atoms with E-state index in [0.717, 1.165) is 24.4 Å². The van der Waals surface area contributed by atoms with E-state index in [1.807, 2.05) is 0 Å². The maximum Gasteiger partial charge on any atom is 0.0103 e. The number of rotatable bonds is 5. The molecule has 1 N–H and O–H groups in total. The molecule has 78 valence electrons. The van der Waals surface area contributed by atoms with Crippen molar-refractivity contribution in [1.82, 2.24) is 5.32 Å². The highest BCUT2D eigenvalue weighted by molar-refractivity contribution is 5.01. The molecule has 0 bridgehead atoms. The van der Waals surface area contributed by atoms with Crippen LogP contribution in [0.15, 0.2) is 0 Å². The number of hydrogen-bond acceptors (Lipinski definition) is 1. The molecule has 1 fully saturated rings. The van der Waals surface area contributed by atoms with Crippen LogP contribution in [0.1, 0.15) is 47.5 Å². The van der Waals surface area contributed by atoms with Crippen molar-refractivity contribution in [3.63, 3.8) is 0 Å². The summed E-state index contributed by atoms with van der Waals surface area (Å²) in [4.78, 5) is 0. The lowest BCUT2D eigenvalue weighted by molar-refractivity contribution is 0.353. The highest BCUT2D eigenvalue weighted by atomic mass is 14.9. The van der Waals surface area contributed by atoms with Gasteiger partial charge in [-0.15, -0.1) is 0 Å². The molecule has 2 atom stereocenters. The third-order valence-electron chi connectivity index (χ3n) is 3.27. The van der Waals surface area contributed by atoms with Gasteiger partial charge in [-0.2, -0.15) is 0 Å². The first kappa shape index (κ1) is 11.0. The van der Waals surface area contributed by atoms with E-state index >= 15 is 0 Å². The van der Waals surface area contributed by atoms with Crippen LogP contribution in [0.5, 0.6) is 0 Å². The van der Waals surface area contributed by atoms with Gasteiger partial charge in [0.15, 0.2) is 0 Å². The zero-order valence-electron chi connectivity index (χ0n) is 9.85.